The Bertz CT molecular complexity index is 394. The van der Waals surface area contributed by atoms with Gasteiger partial charge in [0, 0.05) is 31.1 Å². The van der Waals surface area contributed by atoms with E-state index in [9.17, 15) is 9.59 Å². The summed E-state index contributed by atoms with van der Waals surface area (Å²) in [7, 11) is 0. The minimum Gasteiger partial charge on any atom is -0.342 e. The largest absolute Gasteiger partial charge is 0.342 e. The van der Waals surface area contributed by atoms with Crippen molar-refractivity contribution in [2.45, 2.75) is 6.92 Å². The van der Waals surface area contributed by atoms with Crippen LogP contribution in [0, 0.1) is 6.92 Å². The highest BCUT2D eigenvalue weighted by atomic mass is 32.1. The summed E-state index contributed by atoms with van der Waals surface area (Å²) in [6.45, 7) is 4.54. The highest BCUT2D eigenvalue weighted by Crippen LogP contribution is 2.17. The Morgan fingerprint density at radius 3 is 2.50 bits per heavy atom. The van der Waals surface area contributed by atoms with Crippen LogP contribution in [0.15, 0.2) is 12.1 Å². The summed E-state index contributed by atoms with van der Waals surface area (Å²) in [5.41, 5.74) is 0. The van der Waals surface area contributed by atoms with Gasteiger partial charge in [-0.05, 0) is 19.1 Å². The van der Waals surface area contributed by atoms with E-state index in [0.29, 0.717) is 26.2 Å². The van der Waals surface area contributed by atoms with Crippen LogP contribution < -0.4 is 0 Å². The molecule has 0 aromatic carbocycles. The molecule has 0 spiro atoms. The van der Waals surface area contributed by atoms with E-state index >= 15 is 0 Å². The topological polar surface area (TPSA) is 40.6 Å². The van der Waals surface area contributed by atoms with Gasteiger partial charge in [-0.2, -0.15) is 0 Å². The Labute approximate surface area is 98.5 Å². The van der Waals surface area contributed by atoms with Gasteiger partial charge in [-0.25, -0.2) is 0 Å². The van der Waals surface area contributed by atoms with E-state index in [2.05, 4.69) is 0 Å². The monoisotopic (exact) mass is 238 g/mol. The number of carbonyl (C=O) groups is 2. The molecule has 1 aromatic rings. The first kappa shape index (κ1) is 11.1. The molecule has 2 rings (SSSR count). The van der Waals surface area contributed by atoms with Gasteiger partial charge in [0.2, 0.25) is 6.41 Å². The molecule has 1 saturated heterocycles. The smallest absolute Gasteiger partial charge is 0.264 e. The van der Waals surface area contributed by atoms with E-state index in [0.717, 1.165) is 16.2 Å². The van der Waals surface area contributed by atoms with Crippen molar-refractivity contribution in [3.8, 4) is 0 Å². The molecule has 0 saturated carbocycles. The molecule has 16 heavy (non-hydrogen) atoms. The number of carbonyl (C=O) groups excluding carboxylic acids is 2. The van der Waals surface area contributed by atoms with Crippen molar-refractivity contribution in [3.63, 3.8) is 0 Å². The SMILES string of the molecule is Cc1ccc(C(=O)N2CCN(C=O)CC2)s1. The van der Waals surface area contributed by atoms with Gasteiger partial charge in [-0.15, -0.1) is 11.3 Å². The third-order valence-electron chi connectivity index (χ3n) is 2.70. The first-order valence-electron chi connectivity index (χ1n) is 5.26. The zero-order valence-electron chi connectivity index (χ0n) is 9.18. The summed E-state index contributed by atoms with van der Waals surface area (Å²) in [5.74, 6) is 0.0867. The van der Waals surface area contributed by atoms with E-state index in [1.165, 1.54) is 11.3 Å². The second-order valence-electron chi connectivity index (χ2n) is 3.84. The second-order valence-corrected chi connectivity index (χ2v) is 5.13. The van der Waals surface area contributed by atoms with Crippen LogP contribution in [-0.2, 0) is 4.79 Å². The average molecular weight is 238 g/mol. The summed E-state index contributed by atoms with van der Waals surface area (Å²) in [4.78, 5) is 28.0. The zero-order chi connectivity index (χ0) is 11.5. The quantitative estimate of drug-likeness (QED) is 0.720. The molecule has 1 fully saturated rings. The molecule has 0 aliphatic carbocycles. The number of hydrogen-bond donors (Lipinski definition) is 0. The van der Waals surface area contributed by atoms with Crippen molar-refractivity contribution in [2.75, 3.05) is 26.2 Å². The van der Waals surface area contributed by atoms with Crippen LogP contribution in [0.2, 0.25) is 0 Å². The molecule has 0 atom stereocenters. The lowest BCUT2D eigenvalue weighted by atomic mass is 10.3. The Hall–Kier alpha value is -1.36. The molecule has 86 valence electrons. The summed E-state index contributed by atoms with van der Waals surface area (Å²) in [5, 5.41) is 0. The summed E-state index contributed by atoms with van der Waals surface area (Å²) < 4.78 is 0. The average Bonchev–Trinajstić information content (AvgIpc) is 2.75. The standard InChI is InChI=1S/C11H14N2O2S/c1-9-2-3-10(16-9)11(15)13-6-4-12(8-14)5-7-13/h2-3,8H,4-7H2,1H3. The molecule has 0 unspecified atom stereocenters. The van der Waals surface area contributed by atoms with E-state index in [4.69, 9.17) is 0 Å². The minimum atomic E-state index is 0.0867. The highest BCUT2D eigenvalue weighted by Gasteiger charge is 2.21. The van der Waals surface area contributed by atoms with Crippen molar-refractivity contribution in [1.29, 1.82) is 0 Å². The van der Waals surface area contributed by atoms with Crippen molar-refractivity contribution >= 4 is 23.7 Å². The van der Waals surface area contributed by atoms with Crippen molar-refractivity contribution < 1.29 is 9.59 Å². The molecular weight excluding hydrogens is 224 g/mol. The fourth-order valence-electron chi connectivity index (χ4n) is 1.74. The third-order valence-corrected chi connectivity index (χ3v) is 3.69. The number of rotatable bonds is 2. The highest BCUT2D eigenvalue weighted by molar-refractivity contribution is 7.13. The Morgan fingerprint density at radius 2 is 2.00 bits per heavy atom. The van der Waals surface area contributed by atoms with Gasteiger partial charge in [-0.1, -0.05) is 0 Å². The normalized spacial score (nSPS) is 16.3. The summed E-state index contributed by atoms with van der Waals surface area (Å²) in [6.07, 6.45) is 0.844. The van der Waals surface area contributed by atoms with Crippen LogP contribution in [0.4, 0.5) is 0 Å². The molecule has 5 heteroatoms. The van der Waals surface area contributed by atoms with Crippen LogP contribution in [0.25, 0.3) is 0 Å². The third kappa shape index (κ3) is 2.24. The lowest BCUT2D eigenvalue weighted by molar-refractivity contribution is -0.119. The fourth-order valence-corrected chi connectivity index (χ4v) is 2.57. The summed E-state index contributed by atoms with van der Waals surface area (Å²) >= 11 is 1.52. The fraction of sp³-hybridized carbons (Fsp3) is 0.455. The molecule has 0 bridgehead atoms. The van der Waals surface area contributed by atoms with Crippen LogP contribution in [-0.4, -0.2) is 48.3 Å². The molecule has 4 nitrogen and oxygen atoms in total. The van der Waals surface area contributed by atoms with Crippen LogP contribution in [0.5, 0.6) is 0 Å². The van der Waals surface area contributed by atoms with E-state index < -0.39 is 0 Å². The van der Waals surface area contributed by atoms with Crippen molar-refractivity contribution in [1.82, 2.24) is 9.80 Å². The molecule has 1 aromatic heterocycles. The number of hydrogen-bond acceptors (Lipinski definition) is 3. The van der Waals surface area contributed by atoms with Gasteiger partial charge in [0.05, 0.1) is 4.88 Å². The minimum absolute atomic E-state index is 0.0867. The maximum absolute atomic E-state index is 12.0. The van der Waals surface area contributed by atoms with Gasteiger partial charge in [0.25, 0.3) is 5.91 Å². The van der Waals surface area contributed by atoms with Gasteiger partial charge in [0.1, 0.15) is 0 Å². The van der Waals surface area contributed by atoms with Gasteiger partial charge < -0.3 is 9.80 Å². The Kier molecular flexibility index (Phi) is 3.24. The van der Waals surface area contributed by atoms with E-state index in [1.54, 1.807) is 4.90 Å². The lowest BCUT2D eigenvalue weighted by Crippen LogP contribution is -2.47. The predicted octanol–water partition coefficient (Wildman–Crippen LogP) is 0.971. The van der Waals surface area contributed by atoms with Crippen molar-refractivity contribution in [3.05, 3.63) is 21.9 Å². The number of nitrogens with zero attached hydrogens (tertiary/aromatic N) is 2. The molecule has 0 radical (unpaired) electrons. The molecule has 2 amide bonds. The molecule has 2 heterocycles. The second kappa shape index (κ2) is 4.65. The molecule has 1 aliphatic heterocycles. The molecular formula is C11H14N2O2S. The van der Waals surface area contributed by atoms with Crippen LogP contribution >= 0.6 is 11.3 Å². The molecule has 0 N–H and O–H groups in total. The Balaban J connectivity index is 1.99. The van der Waals surface area contributed by atoms with E-state index in [-0.39, 0.29) is 5.91 Å². The van der Waals surface area contributed by atoms with Crippen molar-refractivity contribution in [2.24, 2.45) is 0 Å². The number of amides is 2. The lowest BCUT2D eigenvalue weighted by Gasteiger charge is -2.32. The predicted molar refractivity (Wildman–Crippen MR) is 62.6 cm³/mol. The van der Waals surface area contributed by atoms with Gasteiger partial charge >= 0.3 is 0 Å². The maximum Gasteiger partial charge on any atom is 0.264 e. The van der Waals surface area contributed by atoms with Gasteiger partial charge in [0.15, 0.2) is 0 Å². The number of aryl methyl sites for hydroxylation is 1. The van der Waals surface area contributed by atoms with Gasteiger partial charge in [-0.3, -0.25) is 9.59 Å². The number of thiophene rings is 1. The first-order valence-corrected chi connectivity index (χ1v) is 6.07. The number of piperazine rings is 1. The maximum atomic E-state index is 12.0. The molecule has 1 aliphatic rings. The Morgan fingerprint density at radius 1 is 1.31 bits per heavy atom. The zero-order valence-corrected chi connectivity index (χ0v) is 10.00. The van der Waals surface area contributed by atoms with Crippen LogP contribution in [0.1, 0.15) is 14.5 Å². The summed E-state index contributed by atoms with van der Waals surface area (Å²) in [6, 6.07) is 3.83. The van der Waals surface area contributed by atoms with Crippen LogP contribution in [0.3, 0.4) is 0 Å². The van der Waals surface area contributed by atoms with E-state index in [1.807, 2.05) is 24.0 Å². The first-order chi connectivity index (χ1) is 7.70.